The SMILES string of the molecule is FCC1(c2cc3c(-c4nc(N5CCNCC5)c5c(C6CCC6)cncc5n4)ccnc3[nH]2)CC1. The van der Waals surface area contributed by atoms with Crippen LogP contribution in [-0.4, -0.2) is 57.8 Å². The molecule has 8 heteroatoms. The molecule has 3 fully saturated rings. The van der Waals surface area contributed by atoms with Gasteiger partial charge in [0, 0.05) is 66.0 Å². The third kappa shape index (κ3) is 3.11. The topological polar surface area (TPSA) is 82.6 Å². The lowest BCUT2D eigenvalue weighted by molar-refractivity contribution is 0.413. The molecule has 7 nitrogen and oxygen atoms in total. The Kier molecular flexibility index (Phi) is 4.59. The van der Waals surface area contributed by atoms with Crippen molar-refractivity contribution in [2.45, 2.75) is 43.4 Å². The monoisotopic (exact) mass is 457 g/mol. The maximum Gasteiger partial charge on any atom is 0.163 e. The van der Waals surface area contributed by atoms with Gasteiger partial charge in [-0.1, -0.05) is 6.42 Å². The Morgan fingerprint density at radius 3 is 2.71 bits per heavy atom. The van der Waals surface area contributed by atoms with Gasteiger partial charge in [-0.15, -0.1) is 0 Å². The number of hydrogen-bond donors (Lipinski definition) is 2. The number of hydrogen-bond acceptors (Lipinski definition) is 6. The zero-order valence-electron chi connectivity index (χ0n) is 19.1. The molecule has 4 aromatic rings. The maximum absolute atomic E-state index is 13.8. The van der Waals surface area contributed by atoms with Crippen LogP contribution in [-0.2, 0) is 5.41 Å². The Labute approximate surface area is 197 Å². The minimum absolute atomic E-state index is 0.343. The smallest absolute Gasteiger partial charge is 0.163 e. The first kappa shape index (κ1) is 20.3. The summed E-state index contributed by atoms with van der Waals surface area (Å²) in [6, 6.07) is 4.03. The van der Waals surface area contributed by atoms with E-state index < -0.39 is 0 Å². The van der Waals surface area contributed by atoms with Crippen molar-refractivity contribution in [3.05, 3.63) is 42.0 Å². The molecule has 5 heterocycles. The first-order chi connectivity index (χ1) is 16.8. The maximum atomic E-state index is 13.8. The third-order valence-electron chi connectivity index (χ3n) is 8.03. The summed E-state index contributed by atoms with van der Waals surface area (Å²) in [4.78, 5) is 25.1. The fourth-order valence-electron chi connectivity index (χ4n) is 5.48. The highest BCUT2D eigenvalue weighted by molar-refractivity contribution is 5.97. The van der Waals surface area contributed by atoms with Crippen molar-refractivity contribution in [2.75, 3.05) is 37.8 Å². The summed E-state index contributed by atoms with van der Waals surface area (Å²) in [6.45, 7) is 3.37. The zero-order chi connectivity index (χ0) is 22.7. The number of aromatic amines is 1. The molecular formula is C26H28FN7. The van der Waals surface area contributed by atoms with Gasteiger partial charge in [-0.05, 0) is 49.3 Å². The van der Waals surface area contributed by atoms with E-state index >= 15 is 0 Å². The molecule has 1 aliphatic heterocycles. The van der Waals surface area contributed by atoms with Crippen LogP contribution in [0, 0.1) is 0 Å². The van der Waals surface area contributed by atoms with Crippen LogP contribution in [0.2, 0.25) is 0 Å². The molecule has 0 unspecified atom stereocenters. The number of aromatic nitrogens is 5. The Balaban J connectivity index is 1.43. The van der Waals surface area contributed by atoms with E-state index in [2.05, 4.69) is 31.2 Å². The number of fused-ring (bicyclic) bond motifs is 2. The van der Waals surface area contributed by atoms with Crippen LogP contribution in [0.4, 0.5) is 10.2 Å². The molecule has 34 heavy (non-hydrogen) atoms. The van der Waals surface area contributed by atoms with Gasteiger partial charge in [-0.25, -0.2) is 15.0 Å². The van der Waals surface area contributed by atoms with Crippen LogP contribution in [0.15, 0.2) is 30.7 Å². The molecule has 4 aromatic heterocycles. The van der Waals surface area contributed by atoms with Gasteiger partial charge in [0.05, 0.1) is 11.7 Å². The molecule has 3 aliphatic rings. The van der Waals surface area contributed by atoms with E-state index in [1.165, 1.54) is 24.8 Å². The Morgan fingerprint density at radius 1 is 1.12 bits per heavy atom. The lowest BCUT2D eigenvalue weighted by Crippen LogP contribution is -2.44. The van der Waals surface area contributed by atoms with Gasteiger partial charge in [0.15, 0.2) is 5.82 Å². The zero-order valence-corrected chi connectivity index (χ0v) is 19.1. The number of piperazine rings is 1. The van der Waals surface area contributed by atoms with Crippen molar-refractivity contribution in [3.8, 4) is 11.4 Å². The molecule has 2 saturated carbocycles. The normalized spacial score (nSPS) is 20.1. The molecule has 0 radical (unpaired) electrons. The van der Waals surface area contributed by atoms with E-state index in [-0.39, 0.29) is 12.1 Å². The number of anilines is 1. The molecule has 2 N–H and O–H groups in total. The highest BCUT2D eigenvalue weighted by Crippen LogP contribution is 2.49. The lowest BCUT2D eigenvalue weighted by Gasteiger charge is -2.32. The number of H-pyrrole nitrogens is 1. The Hall–Kier alpha value is -3.13. The summed E-state index contributed by atoms with van der Waals surface area (Å²) >= 11 is 0. The van der Waals surface area contributed by atoms with Gasteiger partial charge in [0.25, 0.3) is 0 Å². The van der Waals surface area contributed by atoms with Gasteiger partial charge in [-0.3, -0.25) is 9.37 Å². The summed E-state index contributed by atoms with van der Waals surface area (Å²) < 4.78 is 13.8. The van der Waals surface area contributed by atoms with Crippen molar-refractivity contribution in [3.63, 3.8) is 0 Å². The van der Waals surface area contributed by atoms with Crippen LogP contribution in [0.1, 0.15) is 49.3 Å². The van der Waals surface area contributed by atoms with Crippen LogP contribution >= 0.6 is 0 Å². The second-order valence-corrected chi connectivity index (χ2v) is 10.1. The van der Waals surface area contributed by atoms with Crippen LogP contribution in [0.5, 0.6) is 0 Å². The van der Waals surface area contributed by atoms with Crippen molar-refractivity contribution in [2.24, 2.45) is 0 Å². The van der Waals surface area contributed by atoms with Gasteiger partial charge in [-0.2, -0.15) is 0 Å². The van der Waals surface area contributed by atoms with Gasteiger partial charge in [0.1, 0.15) is 18.1 Å². The highest BCUT2D eigenvalue weighted by Gasteiger charge is 2.46. The molecule has 0 aromatic carbocycles. The van der Waals surface area contributed by atoms with Crippen molar-refractivity contribution >= 4 is 27.8 Å². The third-order valence-corrected chi connectivity index (χ3v) is 8.03. The molecule has 0 bridgehead atoms. The summed E-state index contributed by atoms with van der Waals surface area (Å²) in [5.41, 5.74) is 4.44. The minimum atomic E-state index is -0.365. The standard InChI is InChI=1S/C26H28FN7/c27-15-26(5-6-26)21-12-18-17(4-7-30-23(18)32-21)24-31-20-14-29-13-19(16-2-1-3-16)22(20)25(33-24)34-10-8-28-9-11-34/h4,7,12-14,16,28H,1-3,5-6,8-11,15H2,(H,30,32). The van der Waals surface area contributed by atoms with E-state index in [1.807, 2.05) is 18.5 Å². The van der Waals surface area contributed by atoms with Gasteiger partial charge >= 0.3 is 0 Å². The fourth-order valence-corrected chi connectivity index (χ4v) is 5.48. The number of rotatable bonds is 5. The molecule has 7 rings (SSSR count). The second kappa shape index (κ2) is 7.70. The van der Waals surface area contributed by atoms with E-state index in [0.29, 0.717) is 11.7 Å². The van der Waals surface area contributed by atoms with Crippen molar-refractivity contribution in [1.29, 1.82) is 0 Å². The molecule has 0 amide bonds. The average molecular weight is 458 g/mol. The predicted molar refractivity (Wildman–Crippen MR) is 131 cm³/mol. The summed E-state index contributed by atoms with van der Waals surface area (Å²) in [5.74, 6) is 2.23. The molecule has 0 atom stereocenters. The van der Waals surface area contributed by atoms with Gasteiger partial charge < -0.3 is 15.2 Å². The molecule has 1 saturated heterocycles. The van der Waals surface area contributed by atoms with E-state index in [9.17, 15) is 4.39 Å². The Morgan fingerprint density at radius 2 is 1.97 bits per heavy atom. The first-order valence-corrected chi connectivity index (χ1v) is 12.4. The molecule has 174 valence electrons. The first-order valence-electron chi connectivity index (χ1n) is 12.4. The number of nitrogens with zero attached hydrogens (tertiary/aromatic N) is 5. The van der Waals surface area contributed by atoms with Crippen LogP contribution < -0.4 is 10.2 Å². The van der Waals surface area contributed by atoms with E-state index in [1.54, 1.807) is 6.20 Å². The largest absolute Gasteiger partial charge is 0.353 e. The number of nitrogens with one attached hydrogen (secondary N) is 2. The quantitative estimate of drug-likeness (QED) is 0.466. The molecular weight excluding hydrogens is 429 g/mol. The number of pyridine rings is 2. The minimum Gasteiger partial charge on any atom is -0.353 e. The van der Waals surface area contributed by atoms with Crippen LogP contribution in [0.25, 0.3) is 33.3 Å². The number of halogens is 1. The number of alkyl halides is 1. The fraction of sp³-hybridized carbons (Fsp3) is 0.462. The van der Waals surface area contributed by atoms with E-state index in [0.717, 1.165) is 78.0 Å². The van der Waals surface area contributed by atoms with E-state index in [4.69, 9.17) is 9.97 Å². The van der Waals surface area contributed by atoms with Crippen LogP contribution in [0.3, 0.4) is 0 Å². The molecule has 2 aliphatic carbocycles. The lowest BCUT2D eigenvalue weighted by atomic mass is 9.79. The Bertz CT molecular complexity index is 1380. The summed E-state index contributed by atoms with van der Waals surface area (Å²) in [5, 5.41) is 5.55. The van der Waals surface area contributed by atoms with Crippen molar-refractivity contribution in [1.82, 2.24) is 30.2 Å². The molecule has 0 spiro atoms. The van der Waals surface area contributed by atoms with Gasteiger partial charge in [0.2, 0.25) is 0 Å². The summed E-state index contributed by atoms with van der Waals surface area (Å²) in [6.07, 6.45) is 11.1. The average Bonchev–Trinajstić information content (AvgIpc) is 3.53. The highest BCUT2D eigenvalue weighted by atomic mass is 19.1. The summed E-state index contributed by atoms with van der Waals surface area (Å²) in [7, 11) is 0. The van der Waals surface area contributed by atoms with Crippen molar-refractivity contribution < 1.29 is 4.39 Å². The predicted octanol–water partition coefficient (Wildman–Crippen LogP) is 4.25. The second-order valence-electron chi connectivity index (χ2n) is 10.1.